The first-order valence-corrected chi connectivity index (χ1v) is 20.0. The lowest BCUT2D eigenvalue weighted by Crippen LogP contribution is -2.38. The Kier molecular flexibility index (Phi) is 7.99. The fourth-order valence-corrected chi connectivity index (χ4v) is 37.1. The molecule has 0 atom stereocenters. The van der Waals surface area contributed by atoms with Gasteiger partial charge in [-0.3, -0.25) is 15.8 Å². The summed E-state index contributed by atoms with van der Waals surface area (Å²) in [6.45, 7) is 0. The van der Waals surface area contributed by atoms with E-state index in [0.717, 1.165) is 0 Å². The van der Waals surface area contributed by atoms with Crippen LogP contribution in [0.4, 0.5) is 0 Å². The fraction of sp³-hybridized carbons (Fsp3) is 1.00. The maximum atomic E-state index is 4.91. The van der Waals surface area contributed by atoms with E-state index < -0.39 is 14.3 Å². The van der Waals surface area contributed by atoms with Gasteiger partial charge in [0.2, 0.25) is 0 Å². The SMILES string of the molecule is Br[BH-]1[P+](C2CCCCC2)(C2CCCCC2)CC[P+]1(C1CCCCC1)C1CCCCC1. The van der Waals surface area contributed by atoms with Crippen molar-refractivity contribution < 1.29 is 0 Å². The van der Waals surface area contributed by atoms with Gasteiger partial charge in [0.05, 0.1) is 12.3 Å². The largest absolute Gasteiger partial charge is 0.364 e. The molecule has 0 amide bonds. The van der Waals surface area contributed by atoms with Gasteiger partial charge in [0.25, 0.3) is 0 Å². The average molecular weight is 514 g/mol. The Balaban J connectivity index is 1.53. The van der Waals surface area contributed by atoms with Crippen LogP contribution in [0.3, 0.4) is 0 Å². The zero-order chi connectivity index (χ0) is 20.4. The van der Waals surface area contributed by atoms with Crippen LogP contribution in [-0.4, -0.2) is 39.9 Å². The standard InChI is InChI=1S/C26H49BBrP2/c28-27-29(23-13-5-1-6-14-23,24-15-7-2-8-16-24)21-22-30(27,25-17-9-3-10-18-25)26-19-11-4-12-20-26/h23-27H,1-22H2/q+1. The first kappa shape index (κ1) is 23.2. The van der Waals surface area contributed by atoms with E-state index in [9.17, 15) is 0 Å². The lowest BCUT2D eigenvalue weighted by atomic mass is 9.99. The summed E-state index contributed by atoms with van der Waals surface area (Å²) in [5.74, 6) is 0. The van der Waals surface area contributed by atoms with E-state index in [-0.39, 0.29) is 4.98 Å². The van der Waals surface area contributed by atoms with Crippen LogP contribution in [0, 0.1) is 0 Å². The second-order valence-electron chi connectivity index (χ2n) is 12.2. The molecule has 5 fully saturated rings. The highest BCUT2D eigenvalue weighted by atomic mass is 79.9. The summed E-state index contributed by atoms with van der Waals surface area (Å²) < 4.78 is 0. The molecule has 0 bridgehead atoms. The lowest BCUT2D eigenvalue weighted by Gasteiger charge is -2.52. The Hall–Kier alpha value is 1.40. The minimum absolute atomic E-state index is 0.0651. The molecular formula is C26H49BBrP2+. The van der Waals surface area contributed by atoms with E-state index in [1.807, 2.05) is 0 Å². The predicted molar refractivity (Wildman–Crippen MR) is 147 cm³/mol. The molecule has 0 aromatic heterocycles. The first-order chi connectivity index (χ1) is 14.8. The molecule has 0 aromatic rings. The minimum atomic E-state index is -0.794. The Bertz CT molecular complexity index is 461. The molecular weight excluding hydrogens is 465 g/mol. The van der Waals surface area contributed by atoms with Crippen molar-refractivity contribution in [2.45, 2.75) is 151 Å². The van der Waals surface area contributed by atoms with Crippen molar-refractivity contribution in [2.24, 2.45) is 0 Å². The number of hydrogen-bond acceptors (Lipinski definition) is 0. The Labute approximate surface area is 197 Å². The van der Waals surface area contributed by atoms with Gasteiger partial charge in [-0.2, -0.15) is 0 Å². The van der Waals surface area contributed by atoms with E-state index in [1.54, 1.807) is 141 Å². The van der Waals surface area contributed by atoms with Gasteiger partial charge >= 0.3 is 4.98 Å². The molecule has 172 valence electrons. The van der Waals surface area contributed by atoms with E-state index in [0.29, 0.717) is 0 Å². The molecule has 1 heterocycles. The average Bonchev–Trinajstić information content (AvgIpc) is 3.16. The summed E-state index contributed by atoms with van der Waals surface area (Å²) in [4.78, 5) is -0.0651. The third-order valence-corrected chi connectivity index (χ3v) is 32.2. The van der Waals surface area contributed by atoms with Crippen molar-refractivity contribution in [3.63, 3.8) is 0 Å². The maximum Gasteiger partial charge on any atom is 0.364 e. The van der Waals surface area contributed by atoms with E-state index in [4.69, 9.17) is 15.8 Å². The van der Waals surface area contributed by atoms with Crippen LogP contribution >= 0.6 is 30.0 Å². The van der Waals surface area contributed by atoms with Crippen LogP contribution in [-0.2, 0) is 0 Å². The number of halogens is 1. The highest BCUT2D eigenvalue weighted by molar-refractivity contribution is 9.33. The van der Waals surface area contributed by atoms with Crippen LogP contribution in [0.1, 0.15) is 128 Å². The molecule has 4 saturated carbocycles. The normalized spacial score (nSPS) is 33.1. The molecule has 1 aliphatic heterocycles. The molecule has 1 saturated heterocycles. The highest BCUT2D eigenvalue weighted by Gasteiger charge is 2.70. The van der Waals surface area contributed by atoms with E-state index >= 15 is 0 Å². The summed E-state index contributed by atoms with van der Waals surface area (Å²) in [5.41, 5.74) is 4.84. The Morgan fingerprint density at radius 3 is 0.867 bits per heavy atom. The van der Waals surface area contributed by atoms with Gasteiger partial charge in [-0.15, -0.1) is 0 Å². The van der Waals surface area contributed by atoms with Crippen molar-refractivity contribution in [3.05, 3.63) is 0 Å². The summed E-state index contributed by atoms with van der Waals surface area (Å²) in [5, 5.41) is 0. The van der Waals surface area contributed by atoms with Gasteiger partial charge in [-0.25, -0.2) is 0 Å². The van der Waals surface area contributed by atoms with E-state index in [1.165, 1.54) is 22.6 Å². The van der Waals surface area contributed by atoms with Gasteiger partial charge in [-0.1, -0.05) is 40.0 Å². The Morgan fingerprint density at radius 2 is 0.633 bits per heavy atom. The summed E-state index contributed by atoms with van der Waals surface area (Å²) >= 11 is 4.91. The van der Waals surface area contributed by atoms with Gasteiger partial charge < -0.3 is 0 Å². The van der Waals surface area contributed by atoms with E-state index in [2.05, 4.69) is 0 Å². The summed E-state index contributed by atoms with van der Waals surface area (Å²) in [7, 11) is -1.59. The topological polar surface area (TPSA) is 0 Å². The third kappa shape index (κ3) is 4.06. The minimum Gasteiger partial charge on any atom is -0.252 e. The highest BCUT2D eigenvalue weighted by Crippen LogP contribution is 2.94. The number of rotatable bonds is 4. The molecule has 30 heavy (non-hydrogen) atoms. The molecule has 0 spiro atoms. The second-order valence-corrected chi connectivity index (χ2v) is 25.0. The zero-order valence-corrected chi connectivity index (χ0v) is 23.2. The van der Waals surface area contributed by atoms with Crippen LogP contribution in [0.25, 0.3) is 0 Å². The molecule has 0 nitrogen and oxygen atoms in total. The smallest absolute Gasteiger partial charge is 0.252 e. The number of hydrogen-bond donors (Lipinski definition) is 0. The molecule has 0 aromatic carbocycles. The molecule has 0 unspecified atom stereocenters. The van der Waals surface area contributed by atoms with Crippen molar-refractivity contribution in [3.8, 4) is 0 Å². The van der Waals surface area contributed by atoms with Gasteiger partial charge in [0, 0.05) is 22.6 Å². The van der Waals surface area contributed by atoms with Crippen LogP contribution < -0.4 is 0 Å². The summed E-state index contributed by atoms with van der Waals surface area (Å²) in [6.07, 6.45) is 35.6. The second kappa shape index (κ2) is 10.3. The van der Waals surface area contributed by atoms with Crippen molar-refractivity contribution in [1.82, 2.24) is 0 Å². The van der Waals surface area contributed by atoms with Crippen molar-refractivity contribution >= 4 is 35.0 Å². The van der Waals surface area contributed by atoms with Crippen LogP contribution in [0.5, 0.6) is 0 Å². The Morgan fingerprint density at radius 1 is 0.400 bits per heavy atom. The molecule has 0 radical (unpaired) electrons. The fourth-order valence-electron chi connectivity index (χ4n) is 9.68. The maximum absolute atomic E-state index is 4.91. The monoisotopic (exact) mass is 513 g/mol. The van der Waals surface area contributed by atoms with Gasteiger partial charge in [0.15, 0.2) is 0 Å². The van der Waals surface area contributed by atoms with Gasteiger partial charge in [0.1, 0.15) is 0 Å². The van der Waals surface area contributed by atoms with Crippen LogP contribution in [0.2, 0.25) is 0 Å². The van der Waals surface area contributed by atoms with Crippen molar-refractivity contribution in [1.29, 1.82) is 0 Å². The lowest BCUT2D eigenvalue weighted by molar-refractivity contribution is 0.482. The van der Waals surface area contributed by atoms with Crippen LogP contribution in [0.15, 0.2) is 0 Å². The van der Waals surface area contributed by atoms with Gasteiger partial charge in [-0.05, 0) is 103 Å². The first-order valence-electron chi connectivity index (χ1n) is 14.3. The molecule has 0 N–H and O–H groups in total. The molecule has 5 rings (SSSR count). The van der Waals surface area contributed by atoms with Crippen molar-refractivity contribution in [2.75, 3.05) is 12.3 Å². The molecule has 4 heteroatoms. The summed E-state index contributed by atoms with van der Waals surface area (Å²) in [6, 6.07) is 0. The third-order valence-electron chi connectivity index (χ3n) is 11.1. The quantitative estimate of drug-likeness (QED) is 0.259. The zero-order valence-electron chi connectivity index (χ0n) is 19.8. The predicted octanol–water partition coefficient (Wildman–Crippen LogP) is 9.48. The molecule has 4 aliphatic carbocycles. The molecule has 5 aliphatic rings.